The quantitative estimate of drug-likeness (QED) is 0.805. The molecule has 0 bridgehead atoms. The molecular weight excluding hydrogens is 306 g/mol. The minimum Gasteiger partial charge on any atom is -0.338 e. The number of nitrogens with one attached hydrogen (secondary N) is 1. The van der Waals surface area contributed by atoms with Gasteiger partial charge in [-0.15, -0.1) is 0 Å². The summed E-state index contributed by atoms with van der Waals surface area (Å²) in [6.07, 6.45) is 9.62. The van der Waals surface area contributed by atoms with Crippen LogP contribution in [0.25, 0.3) is 0 Å². The number of imide groups is 1. The fourth-order valence-corrected chi connectivity index (χ4v) is 4.47. The van der Waals surface area contributed by atoms with E-state index in [1.807, 2.05) is 4.90 Å². The number of hydrogen-bond donors (Lipinski definition) is 1. The molecule has 0 aromatic carbocycles. The normalized spacial score (nSPS) is 27.3. The minimum absolute atomic E-state index is 0.0873. The maximum absolute atomic E-state index is 12.9. The lowest BCUT2D eigenvalue weighted by molar-refractivity contribution is -0.141. The van der Waals surface area contributed by atoms with E-state index in [9.17, 15) is 14.4 Å². The zero-order valence-electron chi connectivity index (χ0n) is 14.7. The molecule has 2 aliphatic heterocycles. The number of likely N-dealkylation sites (tertiary alicyclic amines) is 1. The maximum Gasteiger partial charge on any atom is 0.325 e. The Morgan fingerprint density at radius 1 is 1.12 bits per heavy atom. The van der Waals surface area contributed by atoms with Gasteiger partial charge >= 0.3 is 6.03 Å². The molecule has 4 amide bonds. The topological polar surface area (TPSA) is 69.7 Å². The van der Waals surface area contributed by atoms with Crippen LogP contribution >= 0.6 is 0 Å². The van der Waals surface area contributed by atoms with Crippen molar-refractivity contribution in [3.63, 3.8) is 0 Å². The number of amides is 4. The van der Waals surface area contributed by atoms with Crippen LogP contribution in [-0.2, 0) is 9.59 Å². The first-order valence-electron chi connectivity index (χ1n) is 9.51. The third-order valence-corrected chi connectivity index (χ3v) is 5.92. The van der Waals surface area contributed by atoms with E-state index in [1.54, 1.807) is 0 Å². The van der Waals surface area contributed by atoms with Gasteiger partial charge < -0.3 is 10.2 Å². The fourth-order valence-electron chi connectivity index (χ4n) is 4.47. The molecule has 2 saturated heterocycles. The predicted octanol–water partition coefficient (Wildman–Crippen LogP) is 2.42. The van der Waals surface area contributed by atoms with Gasteiger partial charge in [-0.3, -0.25) is 14.5 Å². The molecule has 134 valence electrons. The highest BCUT2D eigenvalue weighted by Gasteiger charge is 2.51. The standard InChI is InChI=1S/C18H29N3O3/c1-2-14-9-5-8-12-20(14)15(22)13-21-16(23)18(19-17(21)24)10-6-3-4-7-11-18/h14H,2-13H2,1H3,(H,19,24)/t14-/m0/s1. The molecule has 3 aliphatic rings. The van der Waals surface area contributed by atoms with Crippen LogP contribution < -0.4 is 5.32 Å². The van der Waals surface area contributed by atoms with Crippen LogP contribution in [0.15, 0.2) is 0 Å². The lowest BCUT2D eigenvalue weighted by atomic mass is 9.90. The maximum atomic E-state index is 12.9. The van der Waals surface area contributed by atoms with E-state index in [2.05, 4.69) is 12.2 Å². The summed E-state index contributed by atoms with van der Waals surface area (Å²) in [4.78, 5) is 41.0. The van der Waals surface area contributed by atoms with Gasteiger partial charge in [0, 0.05) is 12.6 Å². The van der Waals surface area contributed by atoms with Crippen molar-refractivity contribution in [2.45, 2.75) is 82.7 Å². The Kier molecular flexibility index (Phi) is 5.11. The van der Waals surface area contributed by atoms with Crippen molar-refractivity contribution in [1.29, 1.82) is 0 Å². The van der Waals surface area contributed by atoms with Crippen molar-refractivity contribution in [2.75, 3.05) is 13.1 Å². The molecule has 0 aromatic heterocycles. The largest absolute Gasteiger partial charge is 0.338 e. The third kappa shape index (κ3) is 3.15. The van der Waals surface area contributed by atoms with E-state index in [0.29, 0.717) is 12.8 Å². The van der Waals surface area contributed by atoms with Crippen molar-refractivity contribution in [2.24, 2.45) is 0 Å². The van der Waals surface area contributed by atoms with Gasteiger partial charge in [0.05, 0.1) is 0 Å². The zero-order valence-corrected chi connectivity index (χ0v) is 14.7. The number of carbonyl (C=O) groups excluding carboxylic acids is 3. The average molecular weight is 335 g/mol. The van der Waals surface area contributed by atoms with Crippen LogP contribution in [0, 0.1) is 0 Å². The molecule has 3 rings (SSSR count). The van der Waals surface area contributed by atoms with Gasteiger partial charge in [-0.25, -0.2) is 4.79 Å². The van der Waals surface area contributed by atoms with Crippen molar-refractivity contribution in [1.82, 2.24) is 15.1 Å². The van der Waals surface area contributed by atoms with Crippen LogP contribution in [0.2, 0.25) is 0 Å². The first kappa shape index (κ1) is 17.2. The van der Waals surface area contributed by atoms with Gasteiger partial charge in [-0.1, -0.05) is 32.6 Å². The van der Waals surface area contributed by atoms with Crippen LogP contribution in [0.4, 0.5) is 4.79 Å². The first-order valence-corrected chi connectivity index (χ1v) is 9.51. The molecule has 2 heterocycles. The first-order chi connectivity index (χ1) is 11.6. The van der Waals surface area contributed by atoms with Crippen LogP contribution in [-0.4, -0.2) is 52.3 Å². The monoisotopic (exact) mass is 335 g/mol. The second-order valence-corrected chi connectivity index (χ2v) is 7.46. The van der Waals surface area contributed by atoms with Crippen LogP contribution in [0.5, 0.6) is 0 Å². The van der Waals surface area contributed by atoms with E-state index in [-0.39, 0.29) is 30.4 Å². The summed E-state index contributed by atoms with van der Waals surface area (Å²) in [6, 6.07) is -0.140. The number of carbonyl (C=O) groups is 3. The molecule has 1 atom stereocenters. The van der Waals surface area contributed by atoms with Gasteiger partial charge in [0.15, 0.2) is 0 Å². The van der Waals surface area contributed by atoms with Gasteiger partial charge in [-0.2, -0.15) is 0 Å². The summed E-state index contributed by atoms with van der Waals surface area (Å²) in [5, 5.41) is 2.91. The van der Waals surface area contributed by atoms with Crippen molar-refractivity contribution in [3.05, 3.63) is 0 Å². The summed E-state index contributed by atoms with van der Waals surface area (Å²) in [5.41, 5.74) is -0.750. The molecule has 1 saturated carbocycles. The Bertz CT molecular complexity index is 512. The molecule has 0 unspecified atom stereocenters. The lowest BCUT2D eigenvalue weighted by Gasteiger charge is -2.36. The highest BCUT2D eigenvalue weighted by molar-refractivity contribution is 6.09. The zero-order chi connectivity index (χ0) is 17.2. The Morgan fingerprint density at radius 2 is 1.83 bits per heavy atom. The van der Waals surface area contributed by atoms with Gasteiger partial charge in [-0.05, 0) is 38.5 Å². The lowest BCUT2D eigenvalue weighted by Crippen LogP contribution is -2.50. The van der Waals surface area contributed by atoms with E-state index < -0.39 is 5.54 Å². The Hall–Kier alpha value is -1.59. The fraction of sp³-hybridized carbons (Fsp3) is 0.833. The van der Waals surface area contributed by atoms with Crippen molar-refractivity contribution in [3.8, 4) is 0 Å². The van der Waals surface area contributed by atoms with E-state index in [0.717, 1.165) is 62.8 Å². The van der Waals surface area contributed by atoms with Crippen LogP contribution in [0.1, 0.15) is 71.1 Å². The number of hydrogen-bond acceptors (Lipinski definition) is 3. The number of rotatable bonds is 3. The van der Waals surface area contributed by atoms with E-state index in [4.69, 9.17) is 0 Å². The van der Waals surface area contributed by atoms with Crippen molar-refractivity contribution < 1.29 is 14.4 Å². The molecule has 0 aromatic rings. The van der Waals surface area contributed by atoms with Gasteiger partial charge in [0.2, 0.25) is 5.91 Å². The highest BCUT2D eigenvalue weighted by atomic mass is 16.2. The molecule has 1 spiro atoms. The smallest absolute Gasteiger partial charge is 0.325 e. The molecule has 1 N–H and O–H groups in total. The summed E-state index contributed by atoms with van der Waals surface area (Å²) >= 11 is 0. The van der Waals surface area contributed by atoms with Crippen LogP contribution in [0.3, 0.4) is 0 Å². The summed E-state index contributed by atoms with van der Waals surface area (Å²) in [6.45, 7) is 2.72. The van der Waals surface area contributed by atoms with Gasteiger partial charge in [0.25, 0.3) is 5.91 Å². The van der Waals surface area contributed by atoms with E-state index in [1.165, 1.54) is 0 Å². The molecular formula is C18H29N3O3. The summed E-state index contributed by atoms with van der Waals surface area (Å²) < 4.78 is 0. The predicted molar refractivity (Wildman–Crippen MR) is 90.3 cm³/mol. The highest BCUT2D eigenvalue weighted by Crippen LogP contribution is 2.32. The molecule has 0 radical (unpaired) electrons. The molecule has 6 heteroatoms. The van der Waals surface area contributed by atoms with E-state index >= 15 is 0 Å². The molecule has 3 fully saturated rings. The average Bonchev–Trinajstić information content (AvgIpc) is 2.77. The Labute approximate surface area is 143 Å². The Balaban J connectivity index is 1.69. The van der Waals surface area contributed by atoms with Gasteiger partial charge in [0.1, 0.15) is 12.1 Å². The van der Waals surface area contributed by atoms with Crippen molar-refractivity contribution >= 4 is 17.8 Å². The second kappa shape index (κ2) is 7.11. The second-order valence-electron chi connectivity index (χ2n) is 7.46. The Morgan fingerprint density at radius 3 is 2.50 bits per heavy atom. The summed E-state index contributed by atoms with van der Waals surface area (Å²) in [5.74, 6) is -0.275. The SMILES string of the molecule is CC[C@H]1CCCCN1C(=O)CN1C(=O)NC2(CCCCCC2)C1=O. The number of urea groups is 1. The molecule has 24 heavy (non-hydrogen) atoms. The minimum atomic E-state index is -0.750. The molecule has 1 aliphatic carbocycles. The number of nitrogens with zero attached hydrogens (tertiary/aromatic N) is 2. The molecule has 6 nitrogen and oxygen atoms in total. The summed E-state index contributed by atoms with van der Waals surface area (Å²) in [7, 11) is 0. The third-order valence-electron chi connectivity index (χ3n) is 5.92. The number of piperidine rings is 1.